The number of aliphatic hydroxyl groups is 1. The van der Waals surface area contributed by atoms with E-state index in [9.17, 15) is 9.90 Å². The highest BCUT2D eigenvalue weighted by Crippen LogP contribution is 2.38. The predicted octanol–water partition coefficient (Wildman–Crippen LogP) is 7.65. The van der Waals surface area contributed by atoms with Crippen LogP contribution in [0, 0.1) is 0 Å². The first kappa shape index (κ1) is 29.8. The summed E-state index contributed by atoms with van der Waals surface area (Å²) in [4.78, 5) is 15.2. The molecule has 4 aromatic carbocycles. The maximum absolute atomic E-state index is 12.7. The second-order valence-corrected chi connectivity index (χ2v) is 11.4. The lowest BCUT2D eigenvalue weighted by molar-refractivity contribution is -0.253. The van der Waals surface area contributed by atoms with Gasteiger partial charge < -0.3 is 34.9 Å². The van der Waals surface area contributed by atoms with Crippen molar-refractivity contribution in [3.8, 4) is 11.5 Å². The van der Waals surface area contributed by atoms with Crippen molar-refractivity contribution in [1.82, 2.24) is 4.90 Å². The molecular formula is C36H39N3O5. The van der Waals surface area contributed by atoms with Gasteiger partial charge in [-0.2, -0.15) is 0 Å². The predicted molar refractivity (Wildman–Crippen MR) is 171 cm³/mol. The average Bonchev–Trinajstić information content (AvgIpc) is 3.07. The van der Waals surface area contributed by atoms with E-state index in [-0.39, 0.29) is 24.8 Å². The van der Waals surface area contributed by atoms with Crippen molar-refractivity contribution in [1.29, 1.82) is 0 Å². The summed E-state index contributed by atoms with van der Waals surface area (Å²) in [5.41, 5.74) is 4.16. The third kappa shape index (κ3) is 8.03. The van der Waals surface area contributed by atoms with Gasteiger partial charge in [0.25, 0.3) is 0 Å². The number of nitrogens with one attached hydrogen (secondary N) is 2. The van der Waals surface area contributed by atoms with Gasteiger partial charge in [-0.15, -0.1) is 0 Å². The second-order valence-electron chi connectivity index (χ2n) is 11.4. The van der Waals surface area contributed by atoms with E-state index < -0.39 is 6.29 Å². The van der Waals surface area contributed by atoms with Crippen molar-refractivity contribution in [2.45, 2.75) is 50.8 Å². The van der Waals surface area contributed by atoms with Crippen molar-refractivity contribution < 1.29 is 24.1 Å². The maximum Gasteiger partial charge on any atom is 0.323 e. The maximum atomic E-state index is 12.7. The highest BCUT2D eigenvalue weighted by molar-refractivity contribution is 5.99. The summed E-state index contributed by atoms with van der Waals surface area (Å²) in [6.07, 6.45) is 3.91. The molecule has 0 saturated carbocycles. The average molecular weight is 594 g/mol. The number of benzene rings is 4. The van der Waals surface area contributed by atoms with Crippen molar-refractivity contribution >= 4 is 17.4 Å². The molecule has 8 nitrogen and oxygen atoms in total. The van der Waals surface area contributed by atoms with Gasteiger partial charge in [0.1, 0.15) is 11.5 Å². The smallest absolute Gasteiger partial charge is 0.323 e. The van der Waals surface area contributed by atoms with Gasteiger partial charge in [-0.1, -0.05) is 61.0 Å². The zero-order chi connectivity index (χ0) is 30.1. The normalized spacial score (nSPS) is 20.5. The molecule has 0 aliphatic carbocycles. The van der Waals surface area contributed by atoms with Gasteiger partial charge in [0, 0.05) is 29.9 Å². The van der Waals surface area contributed by atoms with Gasteiger partial charge in [-0.3, -0.25) is 0 Å². The molecule has 2 heterocycles. The first-order chi connectivity index (χ1) is 21.6. The molecule has 0 radical (unpaired) electrons. The lowest BCUT2D eigenvalue weighted by Crippen LogP contribution is -2.41. The number of hydrogen-bond donors (Lipinski definition) is 3. The molecule has 0 spiro atoms. The Balaban J connectivity index is 1.07. The van der Waals surface area contributed by atoms with E-state index in [0.29, 0.717) is 17.1 Å². The van der Waals surface area contributed by atoms with E-state index in [1.165, 1.54) is 19.3 Å². The first-order valence-corrected chi connectivity index (χ1v) is 15.4. The zero-order valence-electron chi connectivity index (χ0n) is 24.7. The molecular weight excluding hydrogens is 554 g/mol. The van der Waals surface area contributed by atoms with E-state index in [1.807, 2.05) is 91.0 Å². The highest BCUT2D eigenvalue weighted by Gasteiger charge is 2.33. The standard InChI is InChI=1S/C36H39N3O5/c40-25-26-9-11-27(12-10-26)34-23-33(24-39-21-5-2-6-22-39)43-35(44-34)28-13-15-29(16-14-28)37-36(41)38-30-17-19-32(20-18-30)42-31-7-3-1-4-8-31/h1,3-4,7-20,33-35,40H,2,5-6,21-25H2,(H2,37,38,41)/t33-,34+,35+/m0/s1. The molecule has 0 aromatic heterocycles. The van der Waals surface area contributed by atoms with Crippen LogP contribution in [0.15, 0.2) is 103 Å². The van der Waals surface area contributed by atoms with E-state index >= 15 is 0 Å². The number of hydrogen-bond acceptors (Lipinski definition) is 6. The van der Waals surface area contributed by atoms with Gasteiger partial charge in [0.15, 0.2) is 6.29 Å². The van der Waals surface area contributed by atoms with E-state index in [0.717, 1.165) is 48.5 Å². The minimum atomic E-state index is -0.527. The largest absolute Gasteiger partial charge is 0.457 e. The topological polar surface area (TPSA) is 92.3 Å². The number of likely N-dealkylation sites (tertiary alicyclic amines) is 1. The third-order valence-corrected chi connectivity index (χ3v) is 8.06. The molecule has 0 unspecified atom stereocenters. The number of rotatable bonds is 9. The Morgan fingerprint density at radius 2 is 1.36 bits per heavy atom. The van der Waals surface area contributed by atoms with Gasteiger partial charge in [0.2, 0.25) is 0 Å². The molecule has 3 atom stereocenters. The Kier molecular flexibility index (Phi) is 9.84. The summed E-state index contributed by atoms with van der Waals surface area (Å²) < 4.78 is 18.8. The molecule has 8 heteroatoms. The number of nitrogens with zero attached hydrogens (tertiary/aromatic N) is 1. The van der Waals surface area contributed by atoms with Crippen LogP contribution in [-0.4, -0.2) is 41.8 Å². The Morgan fingerprint density at radius 1 is 0.750 bits per heavy atom. The molecule has 228 valence electrons. The molecule has 3 N–H and O–H groups in total. The number of piperidine rings is 1. The minimum absolute atomic E-state index is 0.0174. The Bertz CT molecular complexity index is 1470. The van der Waals surface area contributed by atoms with E-state index in [2.05, 4.69) is 15.5 Å². The van der Waals surface area contributed by atoms with Crippen LogP contribution in [0.1, 0.15) is 54.8 Å². The van der Waals surface area contributed by atoms with Crippen LogP contribution in [0.4, 0.5) is 16.2 Å². The number of carbonyl (C=O) groups excluding carboxylic acids is 1. The van der Waals surface area contributed by atoms with Crippen molar-refractivity contribution in [2.24, 2.45) is 0 Å². The number of urea groups is 1. The number of ether oxygens (including phenoxy) is 3. The minimum Gasteiger partial charge on any atom is -0.457 e. The Morgan fingerprint density at radius 3 is 2.02 bits per heavy atom. The molecule has 2 aliphatic rings. The zero-order valence-corrected chi connectivity index (χ0v) is 24.7. The molecule has 44 heavy (non-hydrogen) atoms. The monoisotopic (exact) mass is 593 g/mol. The molecule has 0 bridgehead atoms. The fourth-order valence-corrected chi connectivity index (χ4v) is 5.71. The van der Waals surface area contributed by atoms with Crippen molar-refractivity contribution in [2.75, 3.05) is 30.3 Å². The number of para-hydroxylation sites is 1. The van der Waals surface area contributed by atoms with Crippen LogP contribution in [0.2, 0.25) is 0 Å². The summed E-state index contributed by atoms with van der Waals surface area (Å²) >= 11 is 0. The summed E-state index contributed by atoms with van der Waals surface area (Å²) in [6.45, 7) is 3.11. The summed E-state index contributed by atoms with van der Waals surface area (Å²) in [5, 5.41) is 15.2. The molecule has 6 rings (SSSR count). The van der Waals surface area contributed by atoms with Crippen LogP contribution in [0.3, 0.4) is 0 Å². The van der Waals surface area contributed by atoms with Crippen molar-refractivity contribution in [3.05, 3.63) is 120 Å². The lowest BCUT2D eigenvalue weighted by atomic mass is 9.99. The highest BCUT2D eigenvalue weighted by atomic mass is 16.7. The lowest BCUT2D eigenvalue weighted by Gasteiger charge is -2.39. The van der Waals surface area contributed by atoms with Crippen LogP contribution >= 0.6 is 0 Å². The summed E-state index contributed by atoms with van der Waals surface area (Å²) in [5.74, 6) is 1.44. The van der Waals surface area contributed by atoms with Crippen LogP contribution < -0.4 is 15.4 Å². The van der Waals surface area contributed by atoms with Gasteiger partial charge in [0.05, 0.1) is 18.8 Å². The summed E-state index contributed by atoms with van der Waals surface area (Å²) in [7, 11) is 0. The van der Waals surface area contributed by atoms with E-state index in [4.69, 9.17) is 14.2 Å². The molecule has 2 aliphatic heterocycles. The number of carbonyl (C=O) groups is 1. The van der Waals surface area contributed by atoms with Crippen molar-refractivity contribution in [3.63, 3.8) is 0 Å². The van der Waals surface area contributed by atoms with Crippen LogP contribution in [0.5, 0.6) is 11.5 Å². The molecule has 2 fully saturated rings. The first-order valence-electron chi connectivity index (χ1n) is 15.4. The number of aliphatic hydroxyl groups excluding tert-OH is 1. The Hall–Kier alpha value is -4.21. The fraction of sp³-hybridized carbons (Fsp3) is 0.306. The van der Waals surface area contributed by atoms with Gasteiger partial charge >= 0.3 is 6.03 Å². The molecule has 4 aromatic rings. The quantitative estimate of drug-likeness (QED) is 0.185. The van der Waals surface area contributed by atoms with Gasteiger partial charge in [-0.25, -0.2) is 4.79 Å². The number of amides is 2. The van der Waals surface area contributed by atoms with Crippen LogP contribution in [-0.2, 0) is 16.1 Å². The summed E-state index contributed by atoms with van der Waals surface area (Å²) in [6, 6.07) is 32.0. The fourth-order valence-electron chi connectivity index (χ4n) is 5.71. The SMILES string of the molecule is O=C(Nc1ccc(Oc2ccccc2)cc1)Nc1ccc([C@@H]2O[C@H](CN3CCCCC3)C[C@H](c3ccc(CO)cc3)O2)cc1. The Labute approximate surface area is 258 Å². The number of anilines is 2. The van der Waals surface area contributed by atoms with Crippen LogP contribution in [0.25, 0.3) is 0 Å². The third-order valence-electron chi connectivity index (χ3n) is 8.06. The van der Waals surface area contributed by atoms with E-state index in [1.54, 1.807) is 12.1 Å². The molecule has 2 amide bonds. The van der Waals surface area contributed by atoms with Gasteiger partial charge in [-0.05, 0) is 85.6 Å². The second kappa shape index (κ2) is 14.5. The molecule has 2 saturated heterocycles.